The van der Waals surface area contributed by atoms with Gasteiger partial charge >= 0.3 is 11.9 Å². The van der Waals surface area contributed by atoms with E-state index >= 15 is 0 Å². The molecule has 1 atom stereocenters. The predicted octanol–water partition coefficient (Wildman–Crippen LogP) is 0.720. The normalized spacial score (nSPS) is 23.8. The van der Waals surface area contributed by atoms with Crippen LogP contribution in [0.5, 0.6) is 0 Å². The van der Waals surface area contributed by atoms with Crippen molar-refractivity contribution in [3.05, 3.63) is 0 Å². The minimum absolute atomic E-state index is 0.422. The highest BCUT2D eigenvalue weighted by Gasteiger charge is 2.23. The summed E-state index contributed by atoms with van der Waals surface area (Å²) in [6.07, 6.45) is 3.09. The van der Waals surface area contributed by atoms with E-state index < -0.39 is 11.9 Å². The number of carboxylic acids is 1. The van der Waals surface area contributed by atoms with Gasteiger partial charge in [-0.15, -0.1) is 0 Å². The van der Waals surface area contributed by atoms with Crippen molar-refractivity contribution in [1.29, 1.82) is 0 Å². The fourth-order valence-corrected chi connectivity index (χ4v) is 1.67. The first-order valence-corrected chi connectivity index (χ1v) is 4.63. The maximum Gasteiger partial charge on any atom is 0.394 e. The van der Waals surface area contributed by atoms with Gasteiger partial charge in [-0.25, -0.2) is 4.79 Å². The lowest BCUT2D eigenvalue weighted by Crippen LogP contribution is -2.38. The van der Waals surface area contributed by atoms with Crippen LogP contribution in [0.1, 0.15) is 26.2 Å². The molecular weight excluding hydrogens is 170 g/mol. The van der Waals surface area contributed by atoms with Gasteiger partial charge in [-0.3, -0.25) is 4.79 Å². The molecule has 0 aliphatic carbocycles. The summed E-state index contributed by atoms with van der Waals surface area (Å²) in [6, 6.07) is 0. The van der Waals surface area contributed by atoms with E-state index in [9.17, 15) is 9.59 Å². The van der Waals surface area contributed by atoms with Crippen LogP contribution in [0, 0.1) is 5.92 Å². The van der Waals surface area contributed by atoms with Gasteiger partial charge in [0.2, 0.25) is 0 Å². The minimum atomic E-state index is -1.34. The third-order valence-corrected chi connectivity index (χ3v) is 2.38. The highest BCUT2D eigenvalue weighted by Crippen LogP contribution is 2.15. The van der Waals surface area contributed by atoms with E-state index in [1.807, 2.05) is 6.92 Å². The standard InChI is InChI=1S/C9H15NO3/c1-7-4-2-3-5-10(6-7)8(11)9(12)13/h7H,2-6H2,1H3,(H,12,13). The number of nitrogens with zero attached hydrogens (tertiary/aromatic N) is 1. The zero-order valence-corrected chi connectivity index (χ0v) is 7.82. The SMILES string of the molecule is CC1CCCCN(C(=O)C(=O)O)C1. The number of aliphatic carboxylic acids is 1. The lowest BCUT2D eigenvalue weighted by Gasteiger charge is -2.20. The molecule has 1 amide bonds. The molecule has 1 fully saturated rings. The van der Waals surface area contributed by atoms with Gasteiger partial charge in [0.25, 0.3) is 0 Å². The molecule has 4 nitrogen and oxygen atoms in total. The number of amides is 1. The number of carboxylic acid groups (broad SMARTS) is 1. The Bertz CT molecular complexity index is 215. The maximum atomic E-state index is 11.1. The van der Waals surface area contributed by atoms with E-state index in [1.54, 1.807) is 0 Å². The molecule has 1 heterocycles. The molecule has 74 valence electrons. The van der Waals surface area contributed by atoms with E-state index in [-0.39, 0.29) is 0 Å². The van der Waals surface area contributed by atoms with Crippen molar-refractivity contribution in [3.8, 4) is 0 Å². The van der Waals surface area contributed by atoms with Crippen molar-refractivity contribution >= 4 is 11.9 Å². The van der Waals surface area contributed by atoms with Gasteiger partial charge in [0.05, 0.1) is 0 Å². The Morgan fingerprint density at radius 1 is 1.38 bits per heavy atom. The van der Waals surface area contributed by atoms with Crippen LogP contribution >= 0.6 is 0 Å². The Morgan fingerprint density at radius 3 is 2.69 bits per heavy atom. The van der Waals surface area contributed by atoms with E-state index in [4.69, 9.17) is 5.11 Å². The van der Waals surface area contributed by atoms with Crippen molar-refractivity contribution in [1.82, 2.24) is 4.90 Å². The smallest absolute Gasteiger partial charge is 0.394 e. The van der Waals surface area contributed by atoms with E-state index in [2.05, 4.69) is 0 Å². The summed E-state index contributed by atoms with van der Waals surface area (Å²) in [5.74, 6) is -1.67. The van der Waals surface area contributed by atoms with E-state index in [1.165, 1.54) is 4.90 Å². The van der Waals surface area contributed by atoms with Crippen molar-refractivity contribution < 1.29 is 14.7 Å². The van der Waals surface area contributed by atoms with Gasteiger partial charge in [0.15, 0.2) is 0 Å². The molecule has 0 aromatic rings. The summed E-state index contributed by atoms with van der Waals surface area (Å²) >= 11 is 0. The van der Waals surface area contributed by atoms with Crippen molar-refractivity contribution in [2.45, 2.75) is 26.2 Å². The third kappa shape index (κ3) is 2.72. The van der Waals surface area contributed by atoms with Gasteiger partial charge in [-0.05, 0) is 18.8 Å². The first-order valence-electron chi connectivity index (χ1n) is 4.63. The summed E-state index contributed by atoms with van der Waals surface area (Å²) < 4.78 is 0. The molecule has 1 rings (SSSR count). The molecular formula is C9H15NO3. The van der Waals surface area contributed by atoms with Crippen LogP contribution in [0.25, 0.3) is 0 Å². The van der Waals surface area contributed by atoms with Crippen LogP contribution in [0.4, 0.5) is 0 Å². The molecule has 0 aromatic carbocycles. The predicted molar refractivity (Wildman–Crippen MR) is 47.2 cm³/mol. The number of rotatable bonds is 0. The minimum Gasteiger partial charge on any atom is -0.474 e. The number of likely N-dealkylation sites (tertiary alicyclic amines) is 1. The Labute approximate surface area is 77.5 Å². The zero-order chi connectivity index (χ0) is 9.84. The number of hydrogen-bond donors (Lipinski definition) is 1. The maximum absolute atomic E-state index is 11.1. The number of carbonyl (C=O) groups excluding carboxylic acids is 1. The highest BCUT2D eigenvalue weighted by atomic mass is 16.4. The number of carbonyl (C=O) groups is 2. The molecule has 1 N–H and O–H groups in total. The molecule has 13 heavy (non-hydrogen) atoms. The van der Waals surface area contributed by atoms with Crippen LogP contribution in [-0.2, 0) is 9.59 Å². The van der Waals surface area contributed by atoms with Crippen LogP contribution in [0.3, 0.4) is 0 Å². The summed E-state index contributed by atoms with van der Waals surface area (Å²) in [4.78, 5) is 23.0. The molecule has 1 unspecified atom stereocenters. The summed E-state index contributed by atoms with van der Waals surface area (Å²) in [5, 5.41) is 8.52. The molecule has 0 aromatic heterocycles. The quantitative estimate of drug-likeness (QED) is 0.566. The van der Waals surface area contributed by atoms with Crippen LogP contribution in [0.15, 0.2) is 0 Å². The van der Waals surface area contributed by atoms with Gasteiger partial charge < -0.3 is 10.0 Å². The summed E-state index contributed by atoms with van der Waals surface area (Å²) in [7, 11) is 0. The van der Waals surface area contributed by atoms with Crippen LogP contribution in [-0.4, -0.2) is 35.0 Å². The number of hydrogen-bond acceptors (Lipinski definition) is 2. The molecule has 1 saturated heterocycles. The monoisotopic (exact) mass is 185 g/mol. The van der Waals surface area contributed by atoms with Crippen LogP contribution in [0.2, 0.25) is 0 Å². The van der Waals surface area contributed by atoms with Gasteiger partial charge in [0, 0.05) is 13.1 Å². The molecule has 0 bridgehead atoms. The second kappa shape index (κ2) is 4.25. The van der Waals surface area contributed by atoms with Gasteiger partial charge in [-0.1, -0.05) is 13.3 Å². The summed E-state index contributed by atoms with van der Waals surface area (Å²) in [6.45, 7) is 3.23. The first-order chi connectivity index (χ1) is 6.11. The molecule has 0 saturated carbocycles. The molecule has 1 aliphatic heterocycles. The first kappa shape index (κ1) is 10.0. The Balaban J connectivity index is 2.57. The second-order valence-electron chi connectivity index (χ2n) is 3.66. The zero-order valence-electron chi connectivity index (χ0n) is 7.82. The van der Waals surface area contributed by atoms with Gasteiger partial charge in [-0.2, -0.15) is 0 Å². The Kier molecular flexibility index (Phi) is 3.28. The Morgan fingerprint density at radius 2 is 2.08 bits per heavy atom. The largest absolute Gasteiger partial charge is 0.474 e. The average Bonchev–Trinajstić information content (AvgIpc) is 2.28. The fourth-order valence-electron chi connectivity index (χ4n) is 1.67. The highest BCUT2D eigenvalue weighted by molar-refractivity contribution is 6.31. The second-order valence-corrected chi connectivity index (χ2v) is 3.66. The molecule has 0 radical (unpaired) electrons. The van der Waals surface area contributed by atoms with Gasteiger partial charge in [0.1, 0.15) is 0 Å². The lowest BCUT2D eigenvalue weighted by molar-refractivity contribution is -0.156. The third-order valence-electron chi connectivity index (χ3n) is 2.38. The van der Waals surface area contributed by atoms with Crippen molar-refractivity contribution in [3.63, 3.8) is 0 Å². The van der Waals surface area contributed by atoms with E-state index in [0.29, 0.717) is 19.0 Å². The summed E-state index contributed by atoms with van der Waals surface area (Å²) in [5.41, 5.74) is 0. The fraction of sp³-hybridized carbons (Fsp3) is 0.778. The van der Waals surface area contributed by atoms with Crippen LogP contribution < -0.4 is 0 Å². The molecule has 4 heteroatoms. The lowest BCUT2D eigenvalue weighted by atomic mass is 10.1. The molecule has 0 spiro atoms. The molecule has 1 aliphatic rings. The van der Waals surface area contributed by atoms with Crippen molar-refractivity contribution in [2.75, 3.05) is 13.1 Å². The van der Waals surface area contributed by atoms with Crippen molar-refractivity contribution in [2.24, 2.45) is 5.92 Å². The topological polar surface area (TPSA) is 57.6 Å². The van der Waals surface area contributed by atoms with E-state index in [0.717, 1.165) is 19.3 Å². The Hall–Kier alpha value is -1.06. The average molecular weight is 185 g/mol.